The largest absolute Gasteiger partial charge is 0.373 e. The minimum atomic E-state index is -0.152. The Morgan fingerprint density at radius 2 is 2.24 bits per heavy atom. The van der Waals surface area contributed by atoms with Crippen LogP contribution in [0, 0.1) is 0 Å². The minimum absolute atomic E-state index is 0.0295. The summed E-state index contributed by atoms with van der Waals surface area (Å²) >= 11 is 0. The van der Waals surface area contributed by atoms with Gasteiger partial charge in [0, 0.05) is 25.1 Å². The molecule has 2 aromatic rings. The lowest BCUT2D eigenvalue weighted by Crippen LogP contribution is -2.42. The molecule has 1 atom stereocenters. The topological polar surface area (TPSA) is 81.1 Å². The molecule has 25 heavy (non-hydrogen) atoms. The molecule has 3 heterocycles. The van der Waals surface area contributed by atoms with Gasteiger partial charge in [-0.25, -0.2) is 14.5 Å². The van der Waals surface area contributed by atoms with Crippen molar-refractivity contribution in [2.45, 2.75) is 50.3 Å². The lowest BCUT2D eigenvalue weighted by molar-refractivity contribution is 0.00997. The minimum Gasteiger partial charge on any atom is -0.373 e. The van der Waals surface area contributed by atoms with Crippen molar-refractivity contribution in [3.63, 3.8) is 0 Å². The van der Waals surface area contributed by atoms with Gasteiger partial charge in [0.15, 0.2) is 5.82 Å². The Morgan fingerprint density at radius 1 is 1.36 bits per heavy atom. The predicted molar refractivity (Wildman–Crippen MR) is 92.3 cm³/mol. The van der Waals surface area contributed by atoms with E-state index in [1.807, 2.05) is 24.4 Å². The number of carbonyl (C=O) groups excluding carboxylic acids is 1. The standard InChI is InChI=1S/C18H23N5O2/c24-17(22-15-11-18(25-13-15)5-1-2-6-18)20-12-14-4-8-19-16(10-14)23-9-3-7-21-23/h3-4,7-10,15H,1-2,5-6,11-13H2,(H2,20,22,24). The van der Waals surface area contributed by atoms with E-state index in [2.05, 4.69) is 20.7 Å². The van der Waals surface area contributed by atoms with Gasteiger partial charge in [0.25, 0.3) is 0 Å². The van der Waals surface area contributed by atoms with Crippen LogP contribution in [0.2, 0.25) is 0 Å². The number of ether oxygens (including phenoxy) is 1. The van der Waals surface area contributed by atoms with Crippen molar-refractivity contribution < 1.29 is 9.53 Å². The molecule has 1 aliphatic carbocycles. The zero-order chi connectivity index (χ0) is 17.1. The number of nitrogens with zero attached hydrogens (tertiary/aromatic N) is 3. The van der Waals surface area contributed by atoms with E-state index in [-0.39, 0.29) is 17.7 Å². The molecule has 2 aromatic heterocycles. The summed E-state index contributed by atoms with van der Waals surface area (Å²) in [4.78, 5) is 16.5. The first-order valence-electron chi connectivity index (χ1n) is 8.86. The SMILES string of the molecule is O=C(NCc1ccnc(-n2cccn2)c1)NC1COC2(CCCC2)C1. The Hall–Kier alpha value is -2.41. The second-order valence-corrected chi connectivity index (χ2v) is 6.90. The smallest absolute Gasteiger partial charge is 0.315 e. The highest BCUT2D eigenvalue weighted by molar-refractivity contribution is 5.74. The van der Waals surface area contributed by atoms with Crippen molar-refractivity contribution >= 4 is 6.03 Å². The Bertz CT molecular complexity index is 725. The number of urea groups is 1. The highest BCUT2D eigenvalue weighted by atomic mass is 16.5. The molecule has 1 saturated heterocycles. The highest BCUT2D eigenvalue weighted by Gasteiger charge is 2.42. The van der Waals surface area contributed by atoms with Gasteiger partial charge in [0.1, 0.15) is 0 Å². The lowest BCUT2D eigenvalue weighted by atomic mass is 9.96. The van der Waals surface area contributed by atoms with Crippen LogP contribution >= 0.6 is 0 Å². The number of hydrogen-bond donors (Lipinski definition) is 2. The zero-order valence-electron chi connectivity index (χ0n) is 14.1. The molecule has 2 amide bonds. The highest BCUT2D eigenvalue weighted by Crippen LogP contribution is 2.40. The van der Waals surface area contributed by atoms with E-state index in [1.165, 1.54) is 12.8 Å². The fourth-order valence-electron chi connectivity index (χ4n) is 3.82. The number of nitrogens with one attached hydrogen (secondary N) is 2. The molecule has 0 radical (unpaired) electrons. The molecule has 4 rings (SSSR count). The van der Waals surface area contributed by atoms with Crippen LogP contribution in [0.5, 0.6) is 0 Å². The number of pyridine rings is 1. The summed E-state index contributed by atoms with van der Waals surface area (Å²) in [6.07, 6.45) is 10.9. The number of carbonyl (C=O) groups is 1. The van der Waals surface area contributed by atoms with Gasteiger partial charge in [-0.1, -0.05) is 12.8 Å². The normalized spacial score (nSPS) is 21.5. The van der Waals surface area contributed by atoms with Crippen molar-refractivity contribution in [1.82, 2.24) is 25.4 Å². The van der Waals surface area contributed by atoms with Crippen molar-refractivity contribution in [2.75, 3.05) is 6.61 Å². The van der Waals surface area contributed by atoms with Gasteiger partial charge in [0.2, 0.25) is 0 Å². The second kappa shape index (κ2) is 6.84. The van der Waals surface area contributed by atoms with E-state index < -0.39 is 0 Å². The number of rotatable bonds is 4. The monoisotopic (exact) mass is 341 g/mol. The summed E-state index contributed by atoms with van der Waals surface area (Å²) in [5.74, 6) is 0.733. The molecule has 2 N–H and O–H groups in total. The summed E-state index contributed by atoms with van der Waals surface area (Å²) in [7, 11) is 0. The van der Waals surface area contributed by atoms with Crippen LogP contribution < -0.4 is 10.6 Å². The molecule has 7 nitrogen and oxygen atoms in total. The fraction of sp³-hybridized carbons (Fsp3) is 0.500. The first-order valence-corrected chi connectivity index (χ1v) is 8.86. The number of aromatic nitrogens is 3. The van der Waals surface area contributed by atoms with Crippen LogP contribution in [0.3, 0.4) is 0 Å². The Balaban J connectivity index is 1.28. The summed E-state index contributed by atoms with van der Waals surface area (Å²) in [5.41, 5.74) is 1.01. The van der Waals surface area contributed by atoms with Gasteiger partial charge in [0.05, 0.1) is 18.2 Å². The van der Waals surface area contributed by atoms with Crippen LogP contribution in [-0.2, 0) is 11.3 Å². The predicted octanol–water partition coefficient (Wildman–Crippen LogP) is 2.17. The lowest BCUT2D eigenvalue weighted by Gasteiger charge is -2.21. The third-order valence-corrected chi connectivity index (χ3v) is 5.06. The average molecular weight is 341 g/mol. The van der Waals surface area contributed by atoms with E-state index in [0.717, 1.165) is 30.6 Å². The van der Waals surface area contributed by atoms with Gasteiger partial charge in [-0.05, 0) is 43.0 Å². The molecular formula is C18H23N5O2. The van der Waals surface area contributed by atoms with Crippen molar-refractivity contribution in [3.05, 3.63) is 42.4 Å². The number of hydrogen-bond acceptors (Lipinski definition) is 4. The number of amides is 2. The first kappa shape index (κ1) is 16.1. The Morgan fingerprint density at radius 3 is 3.04 bits per heavy atom. The van der Waals surface area contributed by atoms with Crippen LogP contribution in [0.1, 0.15) is 37.7 Å². The molecule has 1 spiro atoms. The van der Waals surface area contributed by atoms with Crippen LogP contribution in [-0.4, -0.2) is 39.0 Å². The molecule has 1 unspecified atom stereocenters. The average Bonchev–Trinajstić information content (AvgIpc) is 3.37. The maximum atomic E-state index is 12.2. The van der Waals surface area contributed by atoms with Gasteiger partial charge in [-0.3, -0.25) is 0 Å². The van der Waals surface area contributed by atoms with Crippen LogP contribution in [0.25, 0.3) is 5.82 Å². The van der Waals surface area contributed by atoms with Crippen molar-refractivity contribution in [1.29, 1.82) is 0 Å². The van der Waals surface area contributed by atoms with Crippen LogP contribution in [0.15, 0.2) is 36.8 Å². The molecule has 1 saturated carbocycles. The van der Waals surface area contributed by atoms with Gasteiger partial charge >= 0.3 is 6.03 Å². The molecule has 0 aromatic carbocycles. The molecule has 132 valence electrons. The third-order valence-electron chi connectivity index (χ3n) is 5.06. The maximum absolute atomic E-state index is 12.2. The third kappa shape index (κ3) is 3.66. The Kier molecular flexibility index (Phi) is 4.40. The van der Waals surface area contributed by atoms with E-state index in [1.54, 1.807) is 17.1 Å². The van der Waals surface area contributed by atoms with Crippen molar-refractivity contribution in [2.24, 2.45) is 0 Å². The van der Waals surface area contributed by atoms with E-state index in [4.69, 9.17) is 4.74 Å². The molecule has 2 fully saturated rings. The van der Waals surface area contributed by atoms with Gasteiger partial charge in [-0.15, -0.1) is 0 Å². The van der Waals surface area contributed by atoms with E-state index in [0.29, 0.717) is 13.2 Å². The molecular weight excluding hydrogens is 318 g/mol. The van der Waals surface area contributed by atoms with E-state index >= 15 is 0 Å². The van der Waals surface area contributed by atoms with Crippen molar-refractivity contribution in [3.8, 4) is 5.82 Å². The summed E-state index contributed by atoms with van der Waals surface area (Å²) < 4.78 is 7.67. The van der Waals surface area contributed by atoms with Gasteiger partial charge < -0.3 is 15.4 Å². The van der Waals surface area contributed by atoms with Crippen LogP contribution in [0.4, 0.5) is 4.79 Å². The fourth-order valence-corrected chi connectivity index (χ4v) is 3.82. The quantitative estimate of drug-likeness (QED) is 0.893. The Labute approximate surface area is 146 Å². The second-order valence-electron chi connectivity index (χ2n) is 6.90. The molecule has 7 heteroatoms. The maximum Gasteiger partial charge on any atom is 0.315 e. The summed E-state index contributed by atoms with van der Waals surface area (Å²) in [6.45, 7) is 1.06. The molecule has 0 bridgehead atoms. The molecule has 2 aliphatic rings. The summed E-state index contributed by atoms with van der Waals surface area (Å²) in [6, 6.07) is 5.61. The van der Waals surface area contributed by atoms with E-state index in [9.17, 15) is 4.79 Å². The zero-order valence-corrected chi connectivity index (χ0v) is 14.1. The summed E-state index contributed by atoms with van der Waals surface area (Å²) in [5, 5.41) is 10.1. The first-order chi connectivity index (χ1) is 12.2. The molecule has 1 aliphatic heterocycles. The van der Waals surface area contributed by atoms with Gasteiger partial charge in [-0.2, -0.15) is 5.10 Å².